The molecule has 1 heterocycles. The van der Waals surface area contributed by atoms with E-state index in [2.05, 4.69) is 42.1 Å². The van der Waals surface area contributed by atoms with E-state index in [1.54, 1.807) is 0 Å². The third kappa shape index (κ3) is 7.32. The van der Waals surface area contributed by atoms with Crippen molar-refractivity contribution >= 4 is 11.8 Å². The lowest BCUT2D eigenvalue weighted by molar-refractivity contribution is 0.278. The van der Waals surface area contributed by atoms with Gasteiger partial charge in [0.25, 0.3) is 0 Å². The second-order valence-electron chi connectivity index (χ2n) is 5.45. The number of thioether (sulfide) groups is 1. The van der Waals surface area contributed by atoms with Crippen molar-refractivity contribution in [1.29, 1.82) is 0 Å². The zero-order valence-electron chi connectivity index (χ0n) is 11.9. The molecule has 0 bridgehead atoms. The summed E-state index contributed by atoms with van der Waals surface area (Å²) in [6.07, 6.45) is 9.15. The third-order valence-corrected chi connectivity index (χ3v) is 4.69. The first kappa shape index (κ1) is 15.3. The van der Waals surface area contributed by atoms with Crippen molar-refractivity contribution in [2.45, 2.75) is 57.2 Å². The molecule has 0 aromatic heterocycles. The monoisotopic (exact) mass is 258 g/mol. The molecule has 0 aliphatic carbocycles. The summed E-state index contributed by atoms with van der Waals surface area (Å²) in [5.41, 5.74) is 0. The molecule has 1 rings (SSSR count). The third-order valence-electron chi connectivity index (χ3n) is 3.55. The average molecular weight is 258 g/mol. The van der Waals surface area contributed by atoms with Crippen LogP contribution in [0.5, 0.6) is 0 Å². The zero-order chi connectivity index (χ0) is 12.5. The van der Waals surface area contributed by atoms with E-state index >= 15 is 0 Å². The first-order valence-electron chi connectivity index (χ1n) is 7.21. The number of hydrogen-bond donors (Lipinski definition) is 1. The van der Waals surface area contributed by atoms with Crippen molar-refractivity contribution < 1.29 is 0 Å². The molecule has 1 atom stereocenters. The highest BCUT2D eigenvalue weighted by Gasteiger charge is 2.15. The van der Waals surface area contributed by atoms with Gasteiger partial charge in [-0.15, -0.1) is 0 Å². The van der Waals surface area contributed by atoms with Gasteiger partial charge in [-0.25, -0.2) is 0 Å². The fourth-order valence-corrected chi connectivity index (χ4v) is 3.18. The van der Waals surface area contributed by atoms with Gasteiger partial charge >= 0.3 is 0 Å². The van der Waals surface area contributed by atoms with E-state index in [4.69, 9.17) is 0 Å². The van der Waals surface area contributed by atoms with E-state index in [0.717, 1.165) is 5.25 Å². The molecule has 0 aromatic rings. The maximum atomic E-state index is 3.49. The Hall–Kier alpha value is 0.270. The van der Waals surface area contributed by atoms with E-state index in [-0.39, 0.29) is 0 Å². The molecular weight excluding hydrogens is 228 g/mol. The van der Waals surface area contributed by atoms with E-state index < -0.39 is 0 Å². The molecule has 1 saturated heterocycles. The van der Waals surface area contributed by atoms with Crippen LogP contribution in [0, 0.1) is 0 Å². The molecule has 1 N–H and O–H groups in total. The Morgan fingerprint density at radius 3 is 2.76 bits per heavy atom. The SMILES string of the molecule is CSC1CCCN(CCCCNC(C)C)CC1. The molecule has 0 amide bonds. The van der Waals surface area contributed by atoms with Crippen molar-refractivity contribution in [3.63, 3.8) is 0 Å². The summed E-state index contributed by atoms with van der Waals surface area (Å²) in [6.45, 7) is 9.58. The number of likely N-dealkylation sites (tertiary alicyclic amines) is 1. The standard InChI is InChI=1S/C14H30N2S/c1-13(2)15-9-4-5-10-16-11-6-7-14(17-3)8-12-16/h13-15H,4-12H2,1-3H3. The second-order valence-corrected chi connectivity index (χ2v) is 6.58. The molecule has 1 aliphatic heterocycles. The predicted molar refractivity (Wildman–Crippen MR) is 80.0 cm³/mol. The highest BCUT2D eigenvalue weighted by atomic mass is 32.2. The van der Waals surface area contributed by atoms with Crippen LogP contribution in [-0.4, -0.2) is 48.6 Å². The van der Waals surface area contributed by atoms with Gasteiger partial charge in [-0.05, 0) is 64.5 Å². The Morgan fingerprint density at radius 1 is 1.24 bits per heavy atom. The van der Waals surface area contributed by atoms with Gasteiger partial charge in [-0.1, -0.05) is 13.8 Å². The van der Waals surface area contributed by atoms with Crippen molar-refractivity contribution in [3.8, 4) is 0 Å². The van der Waals surface area contributed by atoms with E-state index in [9.17, 15) is 0 Å². The first-order valence-corrected chi connectivity index (χ1v) is 8.49. The molecule has 1 unspecified atom stereocenters. The number of unbranched alkanes of at least 4 members (excludes halogenated alkanes) is 1. The summed E-state index contributed by atoms with van der Waals surface area (Å²) >= 11 is 2.06. The predicted octanol–water partition coefficient (Wildman–Crippen LogP) is 2.98. The van der Waals surface area contributed by atoms with Gasteiger partial charge in [0.05, 0.1) is 0 Å². The quantitative estimate of drug-likeness (QED) is 0.707. The number of nitrogens with zero attached hydrogens (tertiary/aromatic N) is 1. The van der Waals surface area contributed by atoms with Crippen LogP contribution in [0.25, 0.3) is 0 Å². The lowest BCUT2D eigenvalue weighted by atomic mass is 10.2. The van der Waals surface area contributed by atoms with E-state index in [1.807, 2.05) is 0 Å². The molecule has 17 heavy (non-hydrogen) atoms. The van der Waals surface area contributed by atoms with Crippen LogP contribution in [-0.2, 0) is 0 Å². The van der Waals surface area contributed by atoms with Crippen molar-refractivity contribution in [1.82, 2.24) is 10.2 Å². The van der Waals surface area contributed by atoms with Gasteiger partial charge < -0.3 is 10.2 Å². The van der Waals surface area contributed by atoms with Crippen molar-refractivity contribution in [2.75, 3.05) is 32.4 Å². The first-order chi connectivity index (χ1) is 8.22. The Labute approximate surface area is 112 Å². The number of rotatable bonds is 7. The lowest BCUT2D eigenvalue weighted by Gasteiger charge is -2.20. The van der Waals surface area contributed by atoms with Gasteiger partial charge in [-0.2, -0.15) is 11.8 Å². The summed E-state index contributed by atoms with van der Waals surface area (Å²) in [6, 6.07) is 0.635. The van der Waals surface area contributed by atoms with Crippen LogP contribution in [0.3, 0.4) is 0 Å². The van der Waals surface area contributed by atoms with Crippen molar-refractivity contribution in [2.24, 2.45) is 0 Å². The molecule has 1 aliphatic rings. The van der Waals surface area contributed by atoms with Gasteiger partial charge in [-0.3, -0.25) is 0 Å². The Balaban J connectivity index is 2.03. The minimum absolute atomic E-state index is 0.635. The van der Waals surface area contributed by atoms with Gasteiger partial charge in [0.15, 0.2) is 0 Å². The number of nitrogens with one attached hydrogen (secondary N) is 1. The van der Waals surface area contributed by atoms with E-state index in [0.29, 0.717) is 6.04 Å². The Bertz CT molecular complexity index is 185. The van der Waals surface area contributed by atoms with Gasteiger partial charge in [0.1, 0.15) is 0 Å². The highest BCUT2D eigenvalue weighted by molar-refractivity contribution is 7.99. The van der Waals surface area contributed by atoms with Gasteiger partial charge in [0, 0.05) is 11.3 Å². The fraction of sp³-hybridized carbons (Fsp3) is 1.00. The van der Waals surface area contributed by atoms with Gasteiger partial charge in [0.2, 0.25) is 0 Å². The van der Waals surface area contributed by atoms with Crippen LogP contribution >= 0.6 is 11.8 Å². The average Bonchev–Trinajstić information content (AvgIpc) is 2.53. The number of hydrogen-bond acceptors (Lipinski definition) is 3. The molecule has 0 spiro atoms. The van der Waals surface area contributed by atoms with Crippen LogP contribution in [0.15, 0.2) is 0 Å². The van der Waals surface area contributed by atoms with Crippen molar-refractivity contribution in [3.05, 3.63) is 0 Å². The molecule has 0 radical (unpaired) electrons. The fourth-order valence-electron chi connectivity index (χ4n) is 2.44. The highest BCUT2D eigenvalue weighted by Crippen LogP contribution is 2.21. The summed E-state index contributed by atoms with van der Waals surface area (Å²) < 4.78 is 0. The summed E-state index contributed by atoms with van der Waals surface area (Å²) in [5.74, 6) is 0. The Morgan fingerprint density at radius 2 is 2.06 bits per heavy atom. The summed E-state index contributed by atoms with van der Waals surface area (Å²) in [4.78, 5) is 2.67. The van der Waals surface area contributed by atoms with E-state index in [1.165, 1.54) is 58.3 Å². The van der Waals surface area contributed by atoms with Crippen LogP contribution in [0.4, 0.5) is 0 Å². The lowest BCUT2D eigenvalue weighted by Crippen LogP contribution is -2.28. The minimum Gasteiger partial charge on any atom is -0.315 e. The normalized spacial score (nSPS) is 22.9. The molecule has 0 saturated carbocycles. The topological polar surface area (TPSA) is 15.3 Å². The molecular formula is C14H30N2S. The molecule has 0 aromatic carbocycles. The maximum Gasteiger partial charge on any atom is 0.00569 e. The maximum absolute atomic E-state index is 3.49. The molecule has 102 valence electrons. The van der Waals surface area contributed by atoms with Crippen LogP contribution < -0.4 is 5.32 Å². The van der Waals surface area contributed by atoms with Crippen LogP contribution in [0.2, 0.25) is 0 Å². The molecule has 2 nitrogen and oxygen atoms in total. The van der Waals surface area contributed by atoms with Crippen LogP contribution in [0.1, 0.15) is 46.0 Å². The smallest absolute Gasteiger partial charge is 0.00569 e. The minimum atomic E-state index is 0.635. The molecule has 3 heteroatoms. The Kier molecular flexibility index (Phi) is 8.33. The molecule has 1 fully saturated rings. The summed E-state index contributed by atoms with van der Waals surface area (Å²) in [5, 5.41) is 4.41. The zero-order valence-corrected chi connectivity index (χ0v) is 12.7. The second kappa shape index (κ2) is 9.23. The summed E-state index contributed by atoms with van der Waals surface area (Å²) in [7, 11) is 0. The largest absolute Gasteiger partial charge is 0.315 e.